The smallest absolute Gasteiger partial charge is 0.328 e. The van der Waals surface area contributed by atoms with Crippen LogP contribution < -0.4 is 9.08 Å². The topological polar surface area (TPSA) is 89.8 Å². The Morgan fingerprint density at radius 3 is 2.44 bits per heavy atom. The van der Waals surface area contributed by atoms with Gasteiger partial charge in [-0.1, -0.05) is 11.3 Å². The molecule has 0 aliphatic carbocycles. The first-order chi connectivity index (χ1) is 12.8. The van der Waals surface area contributed by atoms with E-state index in [-0.39, 0.29) is 33.8 Å². The third kappa shape index (κ3) is 5.93. The van der Waals surface area contributed by atoms with Crippen LogP contribution in [-0.2, 0) is 15.9 Å². The predicted octanol–water partition coefficient (Wildman–Crippen LogP) is 3.99. The Balaban J connectivity index is 2.17. The maximum absolute atomic E-state index is 14.4. The molecule has 27 heavy (non-hydrogen) atoms. The van der Waals surface area contributed by atoms with Crippen LogP contribution in [0.25, 0.3) is 0 Å². The molecule has 0 aliphatic rings. The number of thiophene rings is 1. The number of rotatable bonds is 10. The first-order valence-corrected chi connectivity index (χ1v) is 11.1. The maximum Gasteiger partial charge on any atom is 0.328 e. The molecule has 7 nitrogen and oxygen atoms in total. The van der Waals surface area contributed by atoms with E-state index in [2.05, 4.69) is 0 Å². The minimum absolute atomic E-state index is 0.0116. The zero-order valence-corrected chi connectivity index (χ0v) is 17.0. The van der Waals surface area contributed by atoms with Gasteiger partial charge in [0.2, 0.25) is 0 Å². The van der Waals surface area contributed by atoms with Gasteiger partial charge in [-0.3, -0.25) is 10.1 Å². The van der Waals surface area contributed by atoms with Crippen molar-refractivity contribution in [2.24, 2.45) is 0 Å². The zero-order valence-electron chi connectivity index (χ0n) is 13.8. The zero-order chi connectivity index (χ0) is 20.0. The quantitative estimate of drug-likeness (QED) is 0.232. The lowest BCUT2D eigenvalue weighted by Crippen LogP contribution is -2.28. The molecule has 1 heterocycles. The Labute approximate surface area is 169 Å². The second-order valence-electron chi connectivity index (χ2n) is 5.27. The number of hydrogen-bond donors (Lipinski definition) is 0. The maximum atomic E-state index is 14.4. The Kier molecular flexibility index (Phi) is 7.66. The first kappa shape index (κ1) is 21.7. The van der Waals surface area contributed by atoms with Crippen LogP contribution in [0.2, 0.25) is 0 Å². The Morgan fingerprint density at radius 2 is 1.89 bits per heavy atom. The van der Waals surface area contributed by atoms with Crippen LogP contribution in [0.15, 0.2) is 29.6 Å². The van der Waals surface area contributed by atoms with Gasteiger partial charge in [0.05, 0.1) is 16.2 Å². The van der Waals surface area contributed by atoms with Crippen molar-refractivity contribution in [1.82, 2.24) is 0 Å². The lowest BCUT2D eigenvalue weighted by atomic mass is 10.2. The summed E-state index contributed by atoms with van der Waals surface area (Å²) in [6, 6.07) is 4.94. The monoisotopic (exact) mass is 456 g/mol. The summed E-state index contributed by atoms with van der Waals surface area (Å²) in [6.07, 6.45) is 0. The predicted molar refractivity (Wildman–Crippen MR) is 104 cm³/mol. The van der Waals surface area contributed by atoms with E-state index < -0.39 is 26.6 Å². The van der Waals surface area contributed by atoms with Gasteiger partial charge in [0, 0.05) is 30.9 Å². The van der Waals surface area contributed by atoms with E-state index in [4.69, 9.17) is 27.4 Å². The highest BCUT2D eigenvalue weighted by Gasteiger charge is 2.23. The summed E-state index contributed by atoms with van der Waals surface area (Å²) < 4.78 is 43.6. The van der Waals surface area contributed by atoms with Crippen LogP contribution in [0.1, 0.15) is 5.56 Å². The lowest BCUT2D eigenvalue weighted by molar-refractivity contribution is -0.380. The molecule has 2 rings (SSSR count). The van der Waals surface area contributed by atoms with E-state index in [1.165, 1.54) is 23.6 Å². The van der Waals surface area contributed by atoms with Crippen molar-refractivity contribution in [1.29, 1.82) is 0 Å². The van der Waals surface area contributed by atoms with Crippen LogP contribution in [0.3, 0.4) is 0 Å². The summed E-state index contributed by atoms with van der Waals surface area (Å²) in [5, 5.41) is 12.0. The fourth-order valence-electron chi connectivity index (χ4n) is 2.32. The van der Waals surface area contributed by atoms with Crippen LogP contribution in [0.5, 0.6) is 5.75 Å². The lowest BCUT2D eigenvalue weighted by Gasteiger charge is -2.23. The molecule has 0 aliphatic heterocycles. The standard InChI is InChI=1S/C15H15Cl2FN2O5S2/c16-4-6-19(7-5-17)14-2-1-12(9-13(14)18)25-27(23,24)10-11-3-8-26-15(11)20(21)22/h1-3,8-9H,4-7,10H2. The van der Waals surface area contributed by atoms with Crippen molar-refractivity contribution in [3.05, 3.63) is 51.1 Å². The molecule has 12 heteroatoms. The van der Waals surface area contributed by atoms with Crippen molar-refractivity contribution in [3.63, 3.8) is 0 Å². The third-order valence-electron chi connectivity index (χ3n) is 3.41. The SMILES string of the molecule is O=[N+]([O-])c1sccc1CS(=O)(=O)Oc1ccc(N(CCCl)CCCl)c(F)c1. The number of alkyl halides is 2. The van der Waals surface area contributed by atoms with E-state index in [1.807, 2.05) is 0 Å². The molecule has 0 amide bonds. The average Bonchev–Trinajstić information content (AvgIpc) is 3.02. The molecular weight excluding hydrogens is 442 g/mol. The Morgan fingerprint density at radius 1 is 1.22 bits per heavy atom. The van der Waals surface area contributed by atoms with Crippen LogP contribution >= 0.6 is 34.5 Å². The molecule has 0 N–H and O–H groups in total. The highest BCUT2D eigenvalue weighted by atomic mass is 35.5. The van der Waals surface area contributed by atoms with E-state index in [0.29, 0.717) is 13.1 Å². The van der Waals surface area contributed by atoms with E-state index in [0.717, 1.165) is 17.4 Å². The molecular formula is C15H15Cl2FN2O5S2. The number of anilines is 1. The van der Waals surface area contributed by atoms with Gasteiger partial charge in [-0.25, -0.2) is 4.39 Å². The fraction of sp³-hybridized carbons (Fsp3) is 0.333. The molecule has 0 saturated heterocycles. The first-order valence-electron chi connectivity index (χ1n) is 7.56. The Hall–Kier alpha value is -1.62. The molecule has 1 aromatic heterocycles. The highest BCUT2D eigenvalue weighted by Crippen LogP contribution is 2.29. The summed E-state index contributed by atoms with van der Waals surface area (Å²) in [5.41, 5.74) is 0.229. The highest BCUT2D eigenvalue weighted by molar-refractivity contribution is 7.86. The number of halogens is 3. The number of benzene rings is 1. The molecule has 0 spiro atoms. The molecule has 0 atom stereocenters. The van der Waals surface area contributed by atoms with Crippen LogP contribution in [0.4, 0.5) is 15.1 Å². The van der Waals surface area contributed by atoms with Crippen molar-refractivity contribution < 1.29 is 21.9 Å². The van der Waals surface area contributed by atoms with E-state index in [9.17, 15) is 22.9 Å². The second-order valence-corrected chi connectivity index (χ2v) is 8.49. The van der Waals surface area contributed by atoms with Gasteiger partial charge in [-0.05, 0) is 23.6 Å². The van der Waals surface area contributed by atoms with Gasteiger partial charge in [0.25, 0.3) is 0 Å². The minimum atomic E-state index is -4.20. The largest absolute Gasteiger partial charge is 0.382 e. The van der Waals surface area contributed by atoms with Gasteiger partial charge in [0.1, 0.15) is 17.3 Å². The van der Waals surface area contributed by atoms with Gasteiger partial charge >= 0.3 is 15.1 Å². The number of nitro groups is 1. The summed E-state index contributed by atoms with van der Waals surface area (Å²) in [4.78, 5) is 11.9. The molecule has 0 saturated carbocycles. The molecule has 0 fully saturated rings. The van der Waals surface area contributed by atoms with Gasteiger partial charge in [-0.15, -0.1) is 23.2 Å². The van der Waals surface area contributed by atoms with Gasteiger partial charge in [-0.2, -0.15) is 8.42 Å². The third-order valence-corrected chi connectivity index (χ3v) is 5.77. The second kappa shape index (κ2) is 9.54. The normalized spacial score (nSPS) is 11.4. The molecule has 0 unspecified atom stereocenters. The van der Waals surface area contributed by atoms with Crippen molar-refractivity contribution in [2.75, 3.05) is 29.7 Å². The molecule has 1 aromatic carbocycles. The number of hydrogen-bond acceptors (Lipinski definition) is 7. The molecule has 0 radical (unpaired) electrons. The average molecular weight is 457 g/mol. The molecule has 0 bridgehead atoms. The Bertz CT molecular complexity index is 901. The van der Waals surface area contributed by atoms with Crippen molar-refractivity contribution in [3.8, 4) is 5.75 Å². The van der Waals surface area contributed by atoms with Crippen LogP contribution in [-0.4, -0.2) is 38.2 Å². The van der Waals surface area contributed by atoms with Crippen LogP contribution in [0, 0.1) is 15.9 Å². The van der Waals surface area contributed by atoms with Crippen molar-refractivity contribution >= 4 is 55.3 Å². The fourth-order valence-corrected chi connectivity index (χ4v) is 4.62. The van der Waals surface area contributed by atoms with E-state index >= 15 is 0 Å². The van der Waals surface area contributed by atoms with E-state index in [1.54, 1.807) is 4.90 Å². The summed E-state index contributed by atoms with van der Waals surface area (Å²) >= 11 is 12.2. The summed E-state index contributed by atoms with van der Waals surface area (Å²) in [7, 11) is -4.20. The summed E-state index contributed by atoms with van der Waals surface area (Å²) in [5.74, 6) is -1.09. The minimum Gasteiger partial charge on any atom is -0.382 e. The van der Waals surface area contributed by atoms with Gasteiger partial charge in [0.15, 0.2) is 0 Å². The number of nitrogens with zero attached hydrogens (tertiary/aromatic N) is 2. The molecule has 148 valence electrons. The van der Waals surface area contributed by atoms with Crippen molar-refractivity contribution in [2.45, 2.75) is 5.75 Å². The van der Waals surface area contributed by atoms with Gasteiger partial charge < -0.3 is 9.08 Å². The summed E-state index contributed by atoms with van der Waals surface area (Å²) in [6.45, 7) is 0.733. The molecule has 2 aromatic rings.